The first-order chi connectivity index (χ1) is 12.8. The van der Waals surface area contributed by atoms with E-state index in [1.165, 1.54) is 18.7 Å². The Hall–Kier alpha value is -1.79. The van der Waals surface area contributed by atoms with Crippen LogP contribution in [0.3, 0.4) is 0 Å². The number of carbonyl (C=O) groups excluding carboxylic acids is 1. The van der Waals surface area contributed by atoms with Crippen molar-refractivity contribution in [2.24, 2.45) is 5.92 Å². The Kier molecular flexibility index (Phi) is 6.27. The van der Waals surface area contributed by atoms with Crippen LogP contribution in [0.5, 0.6) is 0 Å². The van der Waals surface area contributed by atoms with Gasteiger partial charge in [0.2, 0.25) is 0 Å². The summed E-state index contributed by atoms with van der Waals surface area (Å²) in [6.07, 6.45) is 6.71. The zero-order valence-electron chi connectivity index (χ0n) is 15.4. The van der Waals surface area contributed by atoms with Gasteiger partial charge in [-0.2, -0.15) is 0 Å². The van der Waals surface area contributed by atoms with Crippen LogP contribution in [-0.2, 0) is 15.6 Å². The number of carbonyl (C=O) groups is 1. The van der Waals surface area contributed by atoms with Crippen LogP contribution in [0.15, 0.2) is 47.5 Å². The Labute approximate surface area is 165 Å². The van der Waals surface area contributed by atoms with Gasteiger partial charge in [0.1, 0.15) is 10.6 Å². The van der Waals surface area contributed by atoms with Gasteiger partial charge in [0.25, 0.3) is 15.0 Å². The zero-order valence-corrected chi connectivity index (χ0v) is 17.0. The number of hydrogen-bond acceptors (Lipinski definition) is 3. The first-order valence-electron chi connectivity index (χ1n) is 9.32. The molecule has 0 radical (unpaired) electrons. The predicted octanol–water partition coefficient (Wildman–Crippen LogP) is 4.16. The van der Waals surface area contributed by atoms with E-state index in [1.807, 2.05) is 30.3 Å². The van der Waals surface area contributed by atoms with Crippen LogP contribution in [0.25, 0.3) is 0 Å². The van der Waals surface area contributed by atoms with Crippen molar-refractivity contribution in [1.82, 2.24) is 9.88 Å². The summed E-state index contributed by atoms with van der Waals surface area (Å²) >= 11 is 0. The average molecular weight is 409 g/mol. The third-order valence-electron chi connectivity index (χ3n) is 5.17. The molecule has 7 heteroatoms. The maximum Gasteiger partial charge on any atom is 0.268 e. The fourth-order valence-electron chi connectivity index (χ4n) is 3.61. The summed E-state index contributed by atoms with van der Waals surface area (Å²) in [6.45, 7) is 2.64. The summed E-state index contributed by atoms with van der Waals surface area (Å²) in [4.78, 5) is 12.8. The molecule has 1 amide bonds. The molecular weight excluding hydrogens is 384 g/mol. The highest BCUT2D eigenvalue weighted by atomic mass is 35.7. The van der Waals surface area contributed by atoms with E-state index in [9.17, 15) is 13.2 Å². The molecule has 0 spiro atoms. The Morgan fingerprint density at radius 3 is 2.63 bits per heavy atom. The van der Waals surface area contributed by atoms with Crippen LogP contribution in [0.1, 0.15) is 55.1 Å². The summed E-state index contributed by atoms with van der Waals surface area (Å²) < 4.78 is 25.2. The molecule has 1 N–H and O–H groups in total. The highest BCUT2D eigenvalue weighted by Crippen LogP contribution is 2.24. The van der Waals surface area contributed by atoms with Crippen LogP contribution >= 0.6 is 10.7 Å². The second-order valence-corrected chi connectivity index (χ2v) is 9.96. The second kappa shape index (κ2) is 8.48. The Morgan fingerprint density at radius 1 is 1.19 bits per heavy atom. The number of amides is 1. The number of halogens is 1. The SMILES string of the molecule is CC1CCCC(NC(=O)c2cc(S(=O)(=O)Cl)cn2Cc2ccccc2)CC1. The van der Waals surface area contributed by atoms with E-state index in [0.29, 0.717) is 18.2 Å². The molecule has 0 bridgehead atoms. The standard InChI is InChI=1S/C20H25ClN2O3S/c1-15-6-5-9-17(11-10-15)22-20(24)19-12-18(27(21,25)26)14-23(19)13-16-7-3-2-4-8-16/h2-4,7-8,12,14-15,17H,5-6,9-11,13H2,1H3,(H,22,24). The van der Waals surface area contributed by atoms with E-state index in [-0.39, 0.29) is 16.8 Å². The third-order valence-corrected chi connectivity index (χ3v) is 6.49. The minimum Gasteiger partial charge on any atom is -0.348 e. The van der Waals surface area contributed by atoms with Gasteiger partial charge < -0.3 is 9.88 Å². The van der Waals surface area contributed by atoms with E-state index >= 15 is 0 Å². The molecule has 1 aromatic carbocycles. The molecule has 1 aliphatic carbocycles. The highest BCUT2D eigenvalue weighted by molar-refractivity contribution is 8.13. The molecule has 2 atom stereocenters. The van der Waals surface area contributed by atoms with Crippen molar-refractivity contribution < 1.29 is 13.2 Å². The molecule has 2 aromatic rings. The second-order valence-electron chi connectivity index (χ2n) is 7.40. The summed E-state index contributed by atoms with van der Waals surface area (Å²) in [5.41, 5.74) is 1.29. The molecule has 1 saturated carbocycles. The first kappa shape index (κ1) is 20.0. The summed E-state index contributed by atoms with van der Waals surface area (Å²) in [5, 5.41) is 3.09. The number of benzene rings is 1. The van der Waals surface area contributed by atoms with Crippen LogP contribution < -0.4 is 5.32 Å². The van der Waals surface area contributed by atoms with Crippen molar-refractivity contribution in [2.45, 2.75) is 56.5 Å². The quantitative estimate of drug-likeness (QED) is 0.596. The maximum absolute atomic E-state index is 12.9. The third kappa shape index (κ3) is 5.36. The molecular formula is C20H25ClN2O3S. The van der Waals surface area contributed by atoms with Gasteiger partial charge in [0.05, 0.1) is 0 Å². The van der Waals surface area contributed by atoms with Crippen LogP contribution in [0, 0.1) is 5.92 Å². The number of nitrogens with zero attached hydrogens (tertiary/aromatic N) is 1. The van der Waals surface area contributed by atoms with E-state index in [2.05, 4.69) is 12.2 Å². The molecule has 5 nitrogen and oxygen atoms in total. The van der Waals surface area contributed by atoms with Gasteiger partial charge in [-0.05, 0) is 36.8 Å². The highest BCUT2D eigenvalue weighted by Gasteiger charge is 2.23. The van der Waals surface area contributed by atoms with Gasteiger partial charge in [-0.15, -0.1) is 0 Å². The van der Waals surface area contributed by atoms with E-state index in [1.54, 1.807) is 4.57 Å². The summed E-state index contributed by atoms with van der Waals surface area (Å²) in [5.74, 6) is 0.430. The topological polar surface area (TPSA) is 68.2 Å². The lowest BCUT2D eigenvalue weighted by molar-refractivity contribution is 0.0924. The normalized spacial score (nSPS) is 20.8. The van der Waals surface area contributed by atoms with Gasteiger partial charge >= 0.3 is 0 Å². The Bertz CT molecular complexity index is 893. The maximum atomic E-state index is 12.9. The number of rotatable bonds is 5. The smallest absolute Gasteiger partial charge is 0.268 e. The van der Waals surface area contributed by atoms with Crippen molar-refractivity contribution in [1.29, 1.82) is 0 Å². The van der Waals surface area contributed by atoms with Crippen LogP contribution in [-0.4, -0.2) is 24.9 Å². The molecule has 0 aliphatic heterocycles. The molecule has 1 heterocycles. The van der Waals surface area contributed by atoms with E-state index in [4.69, 9.17) is 10.7 Å². The monoisotopic (exact) mass is 408 g/mol. The van der Waals surface area contributed by atoms with Gasteiger partial charge in [0, 0.05) is 29.5 Å². The number of aromatic nitrogens is 1. The van der Waals surface area contributed by atoms with Crippen LogP contribution in [0.2, 0.25) is 0 Å². The lowest BCUT2D eigenvalue weighted by Gasteiger charge is -2.17. The minimum absolute atomic E-state index is 0.0558. The summed E-state index contributed by atoms with van der Waals surface area (Å²) in [7, 11) is 1.60. The van der Waals surface area contributed by atoms with Gasteiger partial charge in [0.15, 0.2) is 0 Å². The molecule has 1 aromatic heterocycles. The predicted molar refractivity (Wildman–Crippen MR) is 107 cm³/mol. The molecule has 2 unspecified atom stereocenters. The Morgan fingerprint density at radius 2 is 1.93 bits per heavy atom. The van der Waals surface area contributed by atoms with Gasteiger partial charge in [-0.25, -0.2) is 8.42 Å². The number of nitrogens with one attached hydrogen (secondary N) is 1. The zero-order chi connectivity index (χ0) is 19.4. The molecule has 3 rings (SSSR count). The first-order valence-corrected chi connectivity index (χ1v) is 11.6. The lowest BCUT2D eigenvalue weighted by atomic mass is 10.0. The van der Waals surface area contributed by atoms with Crippen molar-refractivity contribution in [3.8, 4) is 0 Å². The van der Waals surface area contributed by atoms with Crippen molar-refractivity contribution in [3.63, 3.8) is 0 Å². The van der Waals surface area contributed by atoms with Crippen LogP contribution in [0.4, 0.5) is 0 Å². The summed E-state index contributed by atoms with van der Waals surface area (Å²) in [6, 6.07) is 11.1. The van der Waals surface area contributed by atoms with Gasteiger partial charge in [-0.1, -0.05) is 50.1 Å². The van der Waals surface area contributed by atoms with E-state index < -0.39 is 9.05 Å². The minimum atomic E-state index is -3.91. The fraction of sp³-hybridized carbons (Fsp3) is 0.450. The molecule has 1 fully saturated rings. The lowest BCUT2D eigenvalue weighted by Crippen LogP contribution is -2.35. The largest absolute Gasteiger partial charge is 0.348 e. The van der Waals surface area contributed by atoms with Crippen molar-refractivity contribution in [2.75, 3.05) is 0 Å². The average Bonchev–Trinajstić information content (AvgIpc) is 2.94. The van der Waals surface area contributed by atoms with Crippen molar-refractivity contribution >= 4 is 25.6 Å². The molecule has 27 heavy (non-hydrogen) atoms. The van der Waals surface area contributed by atoms with Gasteiger partial charge in [-0.3, -0.25) is 4.79 Å². The molecule has 146 valence electrons. The molecule has 0 saturated heterocycles. The van der Waals surface area contributed by atoms with Crippen molar-refractivity contribution in [3.05, 3.63) is 53.9 Å². The van der Waals surface area contributed by atoms with E-state index in [0.717, 1.165) is 31.2 Å². The number of hydrogen-bond donors (Lipinski definition) is 1. The Balaban J connectivity index is 1.83. The molecule has 1 aliphatic rings. The fourth-order valence-corrected chi connectivity index (χ4v) is 4.37.